The fraction of sp³-hybridized carbons (Fsp3) is 0.111. The van der Waals surface area contributed by atoms with Gasteiger partial charge < -0.3 is 10.1 Å². The first-order valence-electron chi connectivity index (χ1n) is 7.50. The number of anilines is 1. The minimum atomic E-state index is -0.513. The summed E-state index contributed by atoms with van der Waals surface area (Å²) in [6.45, 7) is -0.303. The molecule has 3 rings (SSSR count). The quantitative estimate of drug-likeness (QED) is 0.751. The number of carbonyl (C=O) groups excluding carboxylic acids is 1. The average molecular weight is 360 g/mol. The summed E-state index contributed by atoms with van der Waals surface area (Å²) in [4.78, 5) is 12.0. The zero-order valence-corrected chi connectivity index (χ0v) is 14.1. The number of amides is 1. The predicted molar refractivity (Wildman–Crippen MR) is 94.2 cm³/mol. The molecule has 7 heteroatoms. The van der Waals surface area contributed by atoms with Crippen LogP contribution < -0.4 is 10.1 Å². The number of hydrogen-bond donors (Lipinski definition) is 1. The van der Waals surface area contributed by atoms with E-state index in [0.29, 0.717) is 16.5 Å². The second kappa shape index (κ2) is 7.36. The molecule has 0 aliphatic rings. The molecule has 0 radical (unpaired) electrons. The van der Waals surface area contributed by atoms with Crippen molar-refractivity contribution in [2.75, 3.05) is 11.9 Å². The highest BCUT2D eigenvalue weighted by molar-refractivity contribution is 6.30. The number of halogens is 2. The maximum absolute atomic E-state index is 13.5. The number of benzene rings is 2. The summed E-state index contributed by atoms with van der Waals surface area (Å²) in [5.74, 6) is -0.383. The van der Waals surface area contributed by atoms with Crippen LogP contribution in [0.15, 0.2) is 54.6 Å². The Hall–Kier alpha value is -2.86. The number of nitrogens with one attached hydrogen (secondary N) is 1. The molecule has 25 heavy (non-hydrogen) atoms. The molecule has 0 atom stereocenters. The van der Waals surface area contributed by atoms with Crippen LogP contribution in [0.3, 0.4) is 0 Å². The normalized spacial score (nSPS) is 10.5. The molecule has 1 N–H and O–H groups in total. The standard InChI is InChI=1S/C18H15ClFN3O2/c1-23-17(10-15(22-23)12-6-8-13(19)9-7-12)21-18(24)11-25-16-5-3-2-4-14(16)20/h2-10H,11H2,1H3,(H,21,24). The number of hydrogen-bond acceptors (Lipinski definition) is 3. The third-order valence-corrected chi connectivity index (χ3v) is 3.73. The molecule has 1 aromatic heterocycles. The number of aryl methyl sites for hydroxylation is 1. The molecule has 128 valence electrons. The molecule has 0 unspecified atom stereocenters. The van der Waals surface area contributed by atoms with Gasteiger partial charge in [0.25, 0.3) is 5.91 Å². The Labute approximate surface area is 149 Å². The maximum atomic E-state index is 13.5. The van der Waals surface area contributed by atoms with Gasteiger partial charge in [0.1, 0.15) is 5.82 Å². The smallest absolute Gasteiger partial charge is 0.263 e. The van der Waals surface area contributed by atoms with Gasteiger partial charge in [-0.3, -0.25) is 9.48 Å². The molecule has 0 saturated heterocycles. The van der Waals surface area contributed by atoms with Crippen molar-refractivity contribution in [2.24, 2.45) is 7.05 Å². The molecule has 5 nitrogen and oxygen atoms in total. The lowest BCUT2D eigenvalue weighted by molar-refractivity contribution is -0.118. The van der Waals surface area contributed by atoms with Gasteiger partial charge in [-0.15, -0.1) is 0 Å². The van der Waals surface area contributed by atoms with Crippen LogP contribution in [0.25, 0.3) is 11.3 Å². The zero-order chi connectivity index (χ0) is 17.8. The number of rotatable bonds is 5. The highest BCUT2D eigenvalue weighted by atomic mass is 35.5. The van der Waals surface area contributed by atoms with Crippen LogP contribution in [-0.4, -0.2) is 22.3 Å². The SMILES string of the molecule is Cn1nc(-c2ccc(Cl)cc2)cc1NC(=O)COc1ccccc1F. The van der Waals surface area contributed by atoms with Crippen LogP contribution in [0.5, 0.6) is 5.75 Å². The van der Waals surface area contributed by atoms with E-state index in [1.165, 1.54) is 12.1 Å². The van der Waals surface area contributed by atoms with Crippen LogP contribution >= 0.6 is 11.6 Å². The molecule has 0 spiro atoms. The Morgan fingerprint density at radius 1 is 1.24 bits per heavy atom. The number of carbonyl (C=O) groups is 1. The third kappa shape index (κ3) is 4.16. The van der Waals surface area contributed by atoms with Gasteiger partial charge >= 0.3 is 0 Å². The lowest BCUT2D eigenvalue weighted by Crippen LogP contribution is -2.21. The first-order valence-corrected chi connectivity index (χ1v) is 7.88. The molecule has 0 aliphatic heterocycles. The van der Waals surface area contributed by atoms with Crippen molar-refractivity contribution in [1.82, 2.24) is 9.78 Å². The highest BCUT2D eigenvalue weighted by Crippen LogP contribution is 2.23. The van der Waals surface area contributed by atoms with Gasteiger partial charge in [0.05, 0.1) is 5.69 Å². The van der Waals surface area contributed by atoms with E-state index < -0.39 is 11.7 Å². The minimum absolute atomic E-state index is 0.0320. The van der Waals surface area contributed by atoms with Crippen LogP contribution in [0.2, 0.25) is 5.02 Å². The van der Waals surface area contributed by atoms with E-state index in [2.05, 4.69) is 10.4 Å². The fourth-order valence-electron chi connectivity index (χ4n) is 2.23. The Kier molecular flexibility index (Phi) is 5.00. The average Bonchev–Trinajstić information content (AvgIpc) is 2.95. The van der Waals surface area contributed by atoms with Gasteiger partial charge in [-0.1, -0.05) is 35.9 Å². The van der Waals surface area contributed by atoms with E-state index in [4.69, 9.17) is 16.3 Å². The monoisotopic (exact) mass is 359 g/mol. The summed E-state index contributed by atoms with van der Waals surface area (Å²) in [7, 11) is 1.72. The van der Waals surface area contributed by atoms with Crippen LogP contribution in [0.1, 0.15) is 0 Å². The van der Waals surface area contributed by atoms with Gasteiger partial charge in [0, 0.05) is 23.7 Å². The Morgan fingerprint density at radius 3 is 2.68 bits per heavy atom. The third-order valence-electron chi connectivity index (χ3n) is 3.48. The number of para-hydroxylation sites is 1. The van der Waals surface area contributed by atoms with E-state index >= 15 is 0 Å². The molecular formula is C18H15ClFN3O2. The maximum Gasteiger partial charge on any atom is 0.263 e. The molecule has 0 bridgehead atoms. The fourth-order valence-corrected chi connectivity index (χ4v) is 2.36. The second-order valence-corrected chi connectivity index (χ2v) is 5.75. The first-order chi connectivity index (χ1) is 12.0. The van der Waals surface area contributed by atoms with E-state index in [-0.39, 0.29) is 12.4 Å². The molecule has 2 aromatic carbocycles. The van der Waals surface area contributed by atoms with Crippen molar-refractivity contribution in [3.8, 4) is 17.0 Å². The summed E-state index contributed by atoms with van der Waals surface area (Å²) < 4.78 is 20.2. The Morgan fingerprint density at radius 2 is 1.96 bits per heavy atom. The predicted octanol–water partition coefficient (Wildman–Crippen LogP) is 3.90. The number of nitrogens with zero attached hydrogens (tertiary/aromatic N) is 2. The van der Waals surface area contributed by atoms with Crippen molar-refractivity contribution in [3.63, 3.8) is 0 Å². The summed E-state index contributed by atoms with van der Waals surface area (Å²) in [5.41, 5.74) is 1.58. The van der Waals surface area contributed by atoms with Crippen molar-refractivity contribution in [1.29, 1.82) is 0 Å². The Balaban J connectivity index is 1.65. The summed E-state index contributed by atoms with van der Waals surface area (Å²) in [5, 5.41) is 7.68. The summed E-state index contributed by atoms with van der Waals surface area (Å²) >= 11 is 5.88. The minimum Gasteiger partial charge on any atom is -0.481 e. The number of ether oxygens (including phenoxy) is 1. The van der Waals surface area contributed by atoms with Crippen LogP contribution in [0, 0.1) is 5.82 Å². The lowest BCUT2D eigenvalue weighted by Gasteiger charge is -2.07. The second-order valence-electron chi connectivity index (χ2n) is 5.31. The summed E-state index contributed by atoms with van der Waals surface area (Å²) in [6.07, 6.45) is 0. The van der Waals surface area contributed by atoms with Gasteiger partial charge in [0.2, 0.25) is 0 Å². The van der Waals surface area contributed by atoms with Gasteiger partial charge in [-0.25, -0.2) is 4.39 Å². The van der Waals surface area contributed by atoms with Gasteiger partial charge in [0.15, 0.2) is 18.2 Å². The largest absolute Gasteiger partial charge is 0.481 e. The molecule has 0 fully saturated rings. The Bertz CT molecular complexity index is 894. The topological polar surface area (TPSA) is 56.2 Å². The molecule has 0 saturated carbocycles. The lowest BCUT2D eigenvalue weighted by atomic mass is 10.1. The molecule has 3 aromatic rings. The van der Waals surface area contributed by atoms with Crippen molar-refractivity contribution in [3.05, 3.63) is 65.4 Å². The van der Waals surface area contributed by atoms with E-state index in [1.54, 1.807) is 42.1 Å². The van der Waals surface area contributed by atoms with Crippen molar-refractivity contribution in [2.45, 2.75) is 0 Å². The molecule has 1 amide bonds. The van der Waals surface area contributed by atoms with E-state index in [9.17, 15) is 9.18 Å². The molecule has 1 heterocycles. The van der Waals surface area contributed by atoms with Crippen molar-refractivity contribution >= 4 is 23.3 Å². The summed E-state index contributed by atoms with van der Waals surface area (Å²) in [6, 6.07) is 14.9. The van der Waals surface area contributed by atoms with Crippen molar-refractivity contribution < 1.29 is 13.9 Å². The molecular weight excluding hydrogens is 345 g/mol. The first kappa shape index (κ1) is 17.0. The van der Waals surface area contributed by atoms with E-state index in [0.717, 1.165) is 5.56 Å². The highest BCUT2D eigenvalue weighted by Gasteiger charge is 2.11. The van der Waals surface area contributed by atoms with Gasteiger partial charge in [-0.2, -0.15) is 5.10 Å². The van der Waals surface area contributed by atoms with E-state index in [1.807, 2.05) is 12.1 Å². The van der Waals surface area contributed by atoms with Gasteiger partial charge in [-0.05, 0) is 24.3 Å². The number of aromatic nitrogens is 2. The van der Waals surface area contributed by atoms with Crippen LogP contribution in [0.4, 0.5) is 10.2 Å². The van der Waals surface area contributed by atoms with Crippen LogP contribution in [-0.2, 0) is 11.8 Å². The zero-order valence-electron chi connectivity index (χ0n) is 13.4. The molecule has 0 aliphatic carbocycles.